The smallest absolute Gasteiger partial charge is 0.148 e. The summed E-state index contributed by atoms with van der Waals surface area (Å²) in [6.07, 6.45) is 2.99. The van der Waals surface area contributed by atoms with Crippen LogP contribution in [0.2, 0.25) is 5.15 Å². The molecule has 0 radical (unpaired) electrons. The van der Waals surface area contributed by atoms with E-state index in [2.05, 4.69) is 9.97 Å². The average Bonchev–Trinajstić information content (AvgIpc) is 2.22. The van der Waals surface area contributed by atoms with Gasteiger partial charge < -0.3 is 0 Å². The van der Waals surface area contributed by atoms with Gasteiger partial charge in [0.1, 0.15) is 11.0 Å². The molecule has 0 saturated heterocycles. The SMILES string of the molecule is Cc1ccc(-c2cncc(Cl)n2)cc1F. The molecule has 0 amide bonds. The highest BCUT2D eigenvalue weighted by atomic mass is 35.5. The number of nitrogens with zero attached hydrogens (tertiary/aromatic N) is 2. The van der Waals surface area contributed by atoms with Gasteiger partial charge in [-0.1, -0.05) is 23.7 Å². The molecule has 2 rings (SSSR count). The molecule has 1 heterocycles. The second-order valence-corrected chi connectivity index (χ2v) is 3.58. The van der Waals surface area contributed by atoms with Crippen molar-refractivity contribution in [1.29, 1.82) is 0 Å². The largest absolute Gasteiger partial charge is 0.259 e. The number of hydrogen-bond acceptors (Lipinski definition) is 2. The first-order valence-corrected chi connectivity index (χ1v) is 4.78. The van der Waals surface area contributed by atoms with E-state index in [4.69, 9.17) is 11.6 Å². The number of benzene rings is 1. The first kappa shape index (κ1) is 10.1. The van der Waals surface area contributed by atoms with Gasteiger partial charge in [0.2, 0.25) is 0 Å². The van der Waals surface area contributed by atoms with E-state index in [0.29, 0.717) is 22.0 Å². The first-order valence-electron chi connectivity index (χ1n) is 4.41. The maximum Gasteiger partial charge on any atom is 0.148 e. The molecule has 0 N–H and O–H groups in total. The van der Waals surface area contributed by atoms with Crippen molar-refractivity contribution < 1.29 is 4.39 Å². The predicted molar refractivity (Wildman–Crippen MR) is 57.2 cm³/mol. The van der Waals surface area contributed by atoms with Crippen LogP contribution in [0.15, 0.2) is 30.6 Å². The predicted octanol–water partition coefficient (Wildman–Crippen LogP) is 3.24. The van der Waals surface area contributed by atoms with Crippen LogP contribution in [-0.4, -0.2) is 9.97 Å². The van der Waals surface area contributed by atoms with Crippen molar-refractivity contribution in [2.24, 2.45) is 0 Å². The Kier molecular flexibility index (Phi) is 2.64. The number of aryl methyl sites for hydroxylation is 1. The zero-order valence-electron chi connectivity index (χ0n) is 8.04. The number of aromatic nitrogens is 2. The van der Waals surface area contributed by atoms with Crippen LogP contribution in [0.3, 0.4) is 0 Å². The molecule has 0 aliphatic heterocycles. The van der Waals surface area contributed by atoms with Crippen LogP contribution < -0.4 is 0 Å². The molecule has 15 heavy (non-hydrogen) atoms. The number of halogens is 2. The van der Waals surface area contributed by atoms with Crippen molar-refractivity contribution in [3.63, 3.8) is 0 Å². The lowest BCUT2D eigenvalue weighted by atomic mass is 10.1. The summed E-state index contributed by atoms with van der Waals surface area (Å²) in [5.74, 6) is -0.255. The molecular weight excluding hydrogens is 215 g/mol. The fourth-order valence-electron chi connectivity index (χ4n) is 1.23. The molecule has 2 nitrogen and oxygen atoms in total. The molecule has 0 saturated carbocycles. The van der Waals surface area contributed by atoms with Crippen LogP contribution in [0.25, 0.3) is 11.3 Å². The van der Waals surface area contributed by atoms with Crippen molar-refractivity contribution in [2.45, 2.75) is 6.92 Å². The summed E-state index contributed by atoms with van der Waals surface area (Å²) in [5, 5.41) is 0.300. The molecule has 76 valence electrons. The summed E-state index contributed by atoms with van der Waals surface area (Å²) < 4.78 is 13.3. The van der Waals surface area contributed by atoms with Gasteiger partial charge in [-0.25, -0.2) is 9.37 Å². The van der Waals surface area contributed by atoms with Gasteiger partial charge in [0.25, 0.3) is 0 Å². The number of hydrogen-bond donors (Lipinski definition) is 0. The normalized spacial score (nSPS) is 10.3. The highest BCUT2D eigenvalue weighted by Crippen LogP contribution is 2.20. The lowest BCUT2D eigenvalue weighted by Gasteiger charge is -2.02. The monoisotopic (exact) mass is 222 g/mol. The van der Waals surface area contributed by atoms with Gasteiger partial charge >= 0.3 is 0 Å². The van der Waals surface area contributed by atoms with Gasteiger partial charge in [-0.2, -0.15) is 0 Å². The fraction of sp³-hybridized carbons (Fsp3) is 0.0909. The zero-order valence-corrected chi connectivity index (χ0v) is 8.79. The van der Waals surface area contributed by atoms with Crippen LogP contribution in [0, 0.1) is 12.7 Å². The molecule has 0 unspecified atom stereocenters. The van der Waals surface area contributed by atoms with Crippen LogP contribution in [0.1, 0.15) is 5.56 Å². The van der Waals surface area contributed by atoms with Gasteiger partial charge in [-0.3, -0.25) is 4.98 Å². The Morgan fingerprint density at radius 2 is 2.07 bits per heavy atom. The molecule has 0 aliphatic carbocycles. The minimum absolute atomic E-state index is 0.255. The summed E-state index contributed by atoms with van der Waals surface area (Å²) in [6, 6.07) is 4.92. The van der Waals surface area contributed by atoms with E-state index in [1.807, 2.05) is 0 Å². The summed E-state index contributed by atoms with van der Waals surface area (Å²) in [7, 11) is 0. The Labute approximate surface area is 91.8 Å². The molecule has 1 aromatic carbocycles. The van der Waals surface area contributed by atoms with E-state index >= 15 is 0 Å². The van der Waals surface area contributed by atoms with Crippen LogP contribution in [-0.2, 0) is 0 Å². The van der Waals surface area contributed by atoms with Crippen molar-refractivity contribution in [1.82, 2.24) is 9.97 Å². The maximum atomic E-state index is 13.3. The van der Waals surface area contributed by atoms with Crippen LogP contribution in [0.4, 0.5) is 4.39 Å². The minimum Gasteiger partial charge on any atom is -0.259 e. The van der Waals surface area contributed by atoms with Gasteiger partial charge in [0.15, 0.2) is 0 Å². The summed E-state index contributed by atoms with van der Waals surface area (Å²) in [4.78, 5) is 7.95. The Hall–Kier alpha value is -1.48. The van der Waals surface area contributed by atoms with E-state index in [0.717, 1.165) is 0 Å². The zero-order chi connectivity index (χ0) is 10.8. The molecule has 1 aromatic heterocycles. The number of rotatable bonds is 1. The van der Waals surface area contributed by atoms with Crippen molar-refractivity contribution in [3.05, 3.63) is 47.1 Å². The van der Waals surface area contributed by atoms with E-state index in [1.54, 1.807) is 25.3 Å². The Bertz CT molecular complexity index is 500. The van der Waals surface area contributed by atoms with Crippen molar-refractivity contribution >= 4 is 11.6 Å². The third-order valence-electron chi connectivity index (χ3n) is 2.07. The van der Waals surface area contributed by atoms with Crippen molar-refractivity contribution in [3.8, 4) is 11.3 Å². The Morgan fingerprint density at radius 1 is 1.27 bits per heavy atom. The third kappa shape index (κ3) is 2.13. The Balaban J connectivity index is 2.50. The summed E-state index contributed by atoms with van der Waals surface area (Å²) >= 11 is 5.70. The van der Waals surface area contributed by atoms with E-state index in [-0.39, 0.29) is 5.82 Å². The van der Waals surface area contributed by atoms with Crippen LogP contribution >= 0.6 is 11.6 Å². The third-order valence-corrected chi connectivity index (χ3v) is 2.25. The molecule has 0 fully saturated rings. The molecule has 0 atom stereocenters. The summed E-state index contributed by atoms with van der Waals surface area (Å²) in [6.45, 7) is 1.71. The highest BCUT2D eigenvalue weighted by Gasteiger charge is 2.03. The fourth-order valence-corrected chi connectivity index (χ4v) is 1.38. The molecule has 4 heteroatoms. The van der Waals surface area contributed by atoms with E-state index in [1.165, 1.54) is 12.3 Å². The van der Waals surface area contributed by atoms with Gasteiger partial charge in [-0.15, -0.1) is 0 Å². The summed E-state index contributed by atoms with van der Waals surface area (Å²) in [5.41, 5.74) is 1.85. The lowest BCUT2D eigenvalue weighted by Crippen LogP contribution is -1.88. The van der Waals surface area contributed by atoms with E-state index < -0.39 is 0 Å². The van der Waals surface area contributed by atoms with Gasteiger partial charge in [0, 0.05) is 5.56 Å². The first-order chi connectivity index (χ1) is 7.16. The molecular formula is C11H8ClFN2. The van der Waals surface area contributed by atoms with Gasteiger partial charge in [-0.05, 0) is 18.6 Å². The molecule has 2 aromatic rings. The standard InChI is InChI=1S/C11H8ClFN2/c1-7-2-3-8(4-9(7)13)10-5-14-6-11(12)15-10/h2-6H,1H3. The Morgan fingerprint density at radius 3 is 2.73 bits per heavy atom. The molecule has 0 aliphatic rings. The second kappa shape index (κ2) is 3.95. The highest BCUT2D eigenvalue weighted by molar-refractivity contribution is 6.29. The van der Waals surface area contributed by atoms with E-state index in [9.17, 15) is 4.39 Å². The van der Waals surface area contributed by atoms with Crippen LogP contribution in [0.5, 0.6) is 0 Å². The van der Waals surface area contributed by atoms with Crippen molar-refractivity contribution in [2.75, 3.05) is 0 Å². The maximum absolute atomic E-state index is 13.3. The topological polar surface area (TPSA) is 25.8 Å². The quantitative estimate of drug-likeness (QED) is 0.740. The molecule has 0 bridgehead atoms. The van der Waals surface area contributed by atoms with Gasteiger partial charge in [0.05, 0.1) is 18.1 Å². The molecule has 0 spiro atoms. The average molecular weight is 223 g/mol. The lowest BCUT2D eigenvalue weighted by molar-refractivity contribution is 0.619. The second-order valence-electron chi connectivity index (χ2n) is 3.19. The minimum atomic E-state index is -0.255.